The van der Waals surface area contributed by atoms with Crippen LogP contribution in [0, 0.1) is 19.7 Å². The van der Waals surface area contributed by atoms with Crippen LogP contribution in [0.25, 0.3) is 33.5 Å². The number of nitrogens with one attached hydrogen (secondary N) is 1. The second-order valence-electron chi connectivity index (χ2n) is 8.41. The van der Waals surface area contributed by atoms with E-state index in [1.807, 2.05) is 48.9 Å². The first-order valence-corrected chi connectivity index (χ1v) is 11.0. The summed E-state index contributed by atoms with van der Waals surface area (Å²) in [4.78, 5) is 9.19. The van der Waals surface area contributed by atoms with Crippen LogP contribution in [0.3, 0.4) is 0 Å². The van der Waals surface area contributed by atoms with Crippen molar-refractivity contribution < 1.29 is 9.13 Å². The van der Waals surface area contributed by atoms with Gasteiger partial charge >= 0.3 is 0 Å². The van der Waals surface area contributed by atoms with Crippen molar-refractivity contribution in [3.63, 3.8) is 0 Å². The summed E-state index contributed by atoms with van der Waals surface area (Å²) in [5.41, 5.74) is 8.63. The lowest BCUT2D eigenvalue weighted by molar-refractivity contribution is 0.416. The van der Waals surface area contributed by atoms with Crippen molar-refractivity contribution in [2.24, 2.45) is 7.05 Å². The molecule has 34 heavy (non-hydrogen) atoms. The predicted molar refractivity (Wildman–Crippen MR) is 135 cm³/mol. The Morgan fingerprint density at radius 1 is 0.912 bits per heavy atom. The molecular formula is C28H25FN4O. The van der Waals surface area contributed by atoms with Crippen LogP contribution in [0.1, 0.15) is 11.3 Å². The third kappa shape index (κ3) is 3.99. The molecule has 0 radical (unpaired) electrons. The smallest absolute Gasteiger partial charge is 0.140 e. The van der Waals surface area contributed by atoms with Crippen LogP contribution in [0.2, 0.25) is 0 Å². The average Bonchev–Trinajstić information content (AvgIpc) is 3.16. The number of fused-ring (bicyclic) bond motifs is 1. The quantitative estimate of drug-likeness (QED) is 0.318. The Morgan fingerprint density at radius 3 is 2.44 bits per heavy atom. The molecule has 6 heteroatoms. The molecule has 0 fully saturated rings. The number of aryl methyl sites for hydroxylation is 3. The molecule has 0 atom stereocenters. The molecule has 0 spiro atoms. The van der Waals surface area contributed by atoms with Gasteiger partial charge in [0.25, 0.3) is 0 Å². The lowest BCUT2D eigenvalue weighted by atomic mass is 10.0. The number of imidazole rings is 1. The van der Waals surface area contributed by atoms with E-state index < -0.39 is 0 Å². The van der Waals surface area contributed by atoms with E-state index in [4.69, 9.17) is 9.72 Å². The Balaban J connectivity index is 1.56. The van der Waals surface area contributed by atoms with E-state index in [-0.39, 0.29) is 5.82 Å². The number of anilines is 2. The van der Waals surface area contributed by atoms with Crippen molar-refractivity contribution >= 4 is 22.4 Å². The van der Waals surface area contributed by atoms with Crippen molar-refractivity contribution in [3.05, 3.63) is 90.0 Å². The summed E-state index contributed by atoms with van der Waals surface area (Å²) in [6.07, 6.45) is 1.81. The Morgan fingerprint density at radius 2 is 1.71 bits per heavy atom. The number of halogens is 1. The number of hydrogen-bond acceptors (Lipinski definition) is 4. The fourth-order valence-electron chi connectivity index (χ4n) is 4.26. The van der Waals surface area contributed by atoms with Gasteiger partial charge in [0.2, 0.25) is 0 Å². The van der Waals surface area contributed by atoms with Gasteiger partial charge in [0.05, 0.1) is 18.3 Å². The molecule has 0 aliphatic carbocycles. The Hall–Kier alpha value is -4.19. The predicted octanol–water partition coefficient (Wildman–Crippen LogP) is 6.81. The largest absolute Gasteiger partial charge is 0.496 e. The molecular weight excluding hydrogens is 427 g/mol. The first-order chi connectivity index (χ1) is 16.4. The number of ether oxygens (including phenoxy) is 1. The number of benzene rings is 3. The molecule has 3 aromatic carbocycles. The number of pyridine rings is 1. The monoisotopic (exact) mass is 452 g/mol. The van der Waals surface area contributed by atoms with Gasteiger partial charge in [-0.3, -0.25) is 4.98 Å². The SMILES string of the molecule is COc1cc(Nc2cc(C)cc3c2nc(-c2ccc(F)cc2)n3C)ccc1-c1ccnc(C)c1. The normalized spacial score (nSPS) is 11.1. The van der Waals surface area contributed by atoms with E-state index in [9.17, 15) is 4.39 Å². The Kier molecular flexibility index (Phi) is 5.49. The van der Waals surface area contributed by atoms with Crippen LogP contribution >= 0.6 is 0 Å². The van der Waals surface area contributed by atoms with Crippen molar-refractivity contribution in [2.45, 2.75) is 13.8 Å². The molecule has 5 nitrogen and oxygen atoms in total. The molecule has 0 unspecified atom stereocenters. The minimum absolute atomic E-state index is 0.264. The molecule has 2 aromatic heterocycles. The summed E-state index contributed by atoms with van der Waals surface area (Å²) in [7, 11) is 3.65. The maximum atomic E-state index is 13.4. The summed E-state index contributed by atoms with van der Waals surface area (Å²) in [5.74, 6) is 1.29. The maximum absolute atomic E-state index is 13.4. The minimum atomic E-state index is -0.264. The topological polar surface area (TPSA) is 52.0 Å². The summed E-state index contributed by atoms with van der Waals surface area (Å²) in [6, 6.07) is 20.7. The van der Waals surface area contributed by atoms with Crippen molar-refractivity contribution in [1.82, 2.24) is 14.5 Å². The van der Waals surface area contributed by atoms with Crippen LogP contribution in [0.4, 0.5) is 15.8 Å². The number of hydrogen-bond donors (Lipinski definition) is 1. The molecule has 0 aliphatic rings. The van der Waals surface area contributed by atoms with Crippen molar-refractivity contribution in [1.29, 1.82) is 0 Å². The minimum Gasteiger partial charge on any atom is -0.496 e. The molecule has 5 aromatic rings. The van der Waals surface area contributed by atoms with Gasteiger partial charge < -0.3 is 14.6 Å². The first kappa shape index (κ1) is 21.6. The van der Waals surface area contributed by atoms with Crippen LogP contribution in [0.5, 0.6) is 5.75 Å². The van der Waals surface area contributed by atoms with E-state index in [1.54, 1.807) is 25.4 Å². The number of methoxy groups -OCH3 is 1. The number of nitrogens with zero attached hydrogens (tertiary/aromatic N) is 3. The van der Waals surface area contributed by atoms with E-state index in [0.717, 1.165) is 61.9 Å². The second-order valence-corrected chi connectivity index (χ2v) is 8.41. The zero-order chi connectivity index (χ0) is 23.8. The molecule has 0 aliphatic heterocycles. The fourth-order valence-corrected chi connectivity index (χ4v) is 4.26. The van der Waals surface area contributed by atoms with Gasteiger partial charge in [-0.2, -0.15) is 0 Å². The van der Waals surface area contributed by atoms with Crippen LogP contribution < -0.4 is 10.1 Å². The maximum Gasteiger partial charge on any atom is 0.140 e. The van der Waals surface area contributed by atoms with Gasteiger partial charge in [0, 0.05) is 41.8 Å². The highest BCUT2D eigenvalue weighted by atomic mass is 19.1. The zero-order valence-corrected chi connectivity index (χ0v) is 19.6. The van der Waals surface area contributed by atoms with Crippen LogP contribution in [-0.2, 0) is 7.05 Å². The fraction of sp³-hybridized carbons (Fsp3) is 0.143. The highest BCUT2D eigenvalue weighted by molar-refractivity contribution is 5.94. The summed E-state index contributed by atoms with van der Waals surface area (Å²) < 4.78 is 21.2. The van der Waals surface area contributed by atoms with Gasteiger partial charge in [-0.25, -0.2) is 9.37 Å². The van der Waals surface area contributed by atoms with Gasteiger partial charge in [0.1, 0.15) is 22.9 Å². The molecule has 0 amide bonds. The third-order valence-corrected chi connectivity index (χ3v) is 5.92. The highest BCUT2D eigenvalue weighted by Crippen LogP contribution is 2.36. The standard InChI is InChI=1S/C28H25FN4O/c1-17-13-24(27-25(14-17)33(3)28(32-27)19-5-7-21(29)8-6-19)31-22-9-10-23(26(16-22)34-4)20-11-12-30-18(2)15-20/h5-16,31H,1-4H3. The molecule has 0 saturated heterocycles. The summed E-state index contributed by atoms with van der Waals surface area (Å²) in [5, 5.41) is 3.53. The van der Waals surface area contributed by atoms with Crippen molar-refractivity contribution in [3.8, 4) is 28.3 Å². The molecule has 0 saturated carbocycles. The Labute approximate surface area is 197 Å². The zero-order valence-electron chi connectivity index (χ0n) is 19.6. The molecule has 2 heterocycles. The first-order valence-electron chi connectivity index (χ1n) is 11.0. The molecule has 0 bridgehead atoms. The van der Waals surface area contributed by atoms with Gasteiger partial charge in [0.15, 0.2) is 0 Å². The van der Waals surface area contributed by atoms with E-state index in [1.165, 1.54) is 12.1 Å². The highest BCUT2D eigenvalue weighted by Gasteiger charge is 2.15. The van der Waals surface area contributed by atoms with Gasteiger partial charge in [-0.15, -0.1) is 0 Å². The van der Waals surface area contributed by atoms with Gasteiger partial charge in [-0.05, 0) is 85.6 Å². The lowest BCUT2D eigenvalue weighted by Crippen LogP contribution is -1.96. The van der Waals surface area contributed by atoms with Crippen molar-refractivity contribution in [2.75, 3.05) is 12.4 Å². The summed E-state index contributed by atoms with van der Waals surface area (Å²) >= 11 is 0. The van der Waals surface area contributed by atoms with E-state index in [0.29, 0.717) is 0 Å². The third-order valence-electron chi connectivity index (χ3n) is 5.92. The average molecular weight is 453 g/mol. The van der Waals surface area contributed by atoms with E-state index >= 15 is 0 Å². The second kappa shape index (κ2) is 8.63. The van der Waals surface area contributed by atoms with Crippen LogP contribution in [-0.4, -0.2) is 21.6 Å². The van der Waals surface area contributed by atoms with Gasteiger partial charge in [-0.1, -0.05) is 0 Å². The summed E-state index contributed by atoms with van der Waals surface area (Å²) in [6.45, 7) is 4.03. The molecule has 5 rings (SSSR count). The Bertz CT molecular complexity index is 1510. The van der Waals surface area contributed by atoms with Crippen LogP contribution in [0.15, 0.2) is 72.9 Å². The lowest BCUT2D eigenvalue weighted by Gasteiger charge is -2.13. The molecule has 1 N–H and O–H groups in total. The molecule has 170 valence electrons. The number of aromatic nitrogens is 3. The van der Waals surface area contributed by atoms with E-state index in [2.05, 4.69) is 29.4 Å². The number of rotatable bonds is 5.